The lowest BCUT2D eigenvalue weighted by Crippen LogP contribution is -2.48. The topological polar surface area (TPSA) is 43.2 Å². The van der Waals surface area contributed by atoms with E-state index in [1.54, 1.807) is 0 Å². The standard InChI is InChI=1S/C15H20N4O/c1-12-8-14(4-5-16-12)19-6-7-20-15(2,11-19)13-9-17-18(3)10-13/h4-5,8-10H,6-7,11H2,1-3H3. The SMILES string of the molecule is Cc1cc(N2CCOC(C)(c3cnn(C)c3)C2)ccn1. The zero-order chi connectivity index (χ0) is 14.2. The zero-order valence-corrected chi connectivity index (χ0v) is 12.2. The number of rotatable bonds is 2. The molecule has 106 valence electrons. The molecule has 0 N–H and O–H groups in total. The second-order valence-corrected chi connectivity index (χ2v) is 5.56. The number of aryl methyl sites for hydroxylation is 2. The van der Waals surface area contributed by atoms with Crippen LogP contribution in [0.1, 0.15) is 18.2 Å². The Balaban J connectivity index is 1.86. The highest BCUT2D eigenvalue weighted by Crippen LogP contribution is 2.31. The van der Waals surface area contributed by atoms with E-state index in [4.69, 9.17) is 4.74 Å². The van der Waals surface area contributed by atoms with E-state index in [2.05, 4.69) is 34.0 Å². The first-order valence-electron chi connectivity index (χ1n) is 6.87. The molecular weight excluding hydrogens is 252 g/mol. The van der Waals surface area contributed by atoms with E-state index in [1.165, 1.54) is 5.69 Å². The Morgan fingerprint density at radius 2 is 2.25 bits per heavy atom. The lowest BCUT2D eigenvalue weighted by Gasteiger charge is -2.41. The smallest absolute Gasteiger partial charge is 0.111 e. The van der Waals surface area contributed by atoms with Gasteiger partial charge in [-0.2, -0.15) is 5.10 Å². The molecule has 0 bridgehead atoms. The third-order valence-electron chi connectivity index (χ3n) is 3.84. The zero-order valence-electron chi connectivity index (χ0n) is 12.2. The van der Waals surface area contributed by atoms with Crippen LogP contribution in [-0.2, 0) is 17.4 Å². The van der Waals surface area contributed by atoms with Gasteiger partial charge in [0.1, 0.15) is 5.60 Å². The van der Waals surface area contributed by atoms with Crippen LogP contribution in [0.15, 0.2) is 30.7 Å². The molecule has 3 rings (SSSR count). The molecule has 0 radical (unpaired) electrons. The minimum absolute atomic E-state index is 0.316. The largest absolute Gasteiger partial charge is 0.367 e. The summed E-state index contributed by atoms with van der Waals surface area (Å²) in [5.41, 5.74) is 3.05. The second-order valence-electron chi connectivity index (χ2n) is 5.56. The minimum atomic E-state index is -0.316. The summed E-state index contributed by atoms with van der Waals surface area (Å²) in [6.07, 6.45) is 5.78. The van der Waals surface area contributed by atoms with Gasteiger partial charge < -0.3 is 9.64 Å². The molecule has 1 atom stereocenters. The van der Waals surface area contributed by atoms with E-state index in [0.717, 1.165) is 24.3 Å². The Bertz CT molecular complexity index is 609. The van der Waals surface area contributed by atoms with Crippen molar-refractivity contribution in [2.24, 2.45) is 7.05 Å². The summed E-state index contributed by atoms with van der Waals surface area (Å²) in [4.78, 5) is 6.61. The second kappa shape index (κ2) is 4.90. The molecule has 0 saturated carbocycles. The van der Waals surface area contributed by atoms with Crippen molar-refractivity contribution in [1.29, 1.82) is 0 Å². The maximum atomic E-state index is 6.04. The summed E-state index contributed by atoms with van der Waals surface area (Å²) < 4.78 is 7.86. The van der Waals surface area contributed by atoms with Gasteiger partial charge in [0.15, 0.2) is 0 Å². The number of anilines is 1. The normalized spacial score (nSPS) is 23.1. The van der Waals surface area contributed by atoms with Crippen molar-refractivity contribution >= 4 is 5.69 Å². The monoisotopic (exact) mass is 272 g/mol. The van der Waals surface area contributed by atoms with Gasteiger partial charge in [-0.1, -0.05) is 0 Å². The van der Waals surface area contributed by atoms with E-state index in [0.29, 0.717) is 6.61 Å². The van der Waals surface area contributed by atoms with Crippen molar-refractivity contribution in [2.45, 2.75) is 19.4 Å². The van der Waals surface area contributed by atoms with Gasteiger partial charge in [-0.25, -0.2) is 0 Å². The maximum absolute atomic E-state index is 6.04. The molecule has 1 aliphatic rings. The molecule has 0 aromatic carbocycles. The first-order valence-corrected chi connectivity index (χ1v) is 6.87. The molecule has 3 heterocycles. The van der Waals surface area contributed by atoms with Gasteiger partial charge in [0.05, 0.1) is 19.3 Å². The van der Waals surface area contributed by atoms with Gasteiger partial charge in [0, 0.05) is 42.9 Å². The van der Waals surface area contributed by atoms with Crippen molar-refractivity contribution in [2.75, 3.05) is 24.6 Å². The number of hydrogen-bond acceptors (Lipinski definition) is 4. The van der Waals surface area contributed by atoms with Crippen molar-refractivity contribution in [1.82, 2.24) is 14.8 Å². The van der Waals surface area contributed by atoms with Crippen LogP contribution in [0.3, 0.4) is 0 Å². The fraction of sp³-hybridized carbons (Fsp3) is 0.467. The average Bonchev–Trinajstić information content (AvgIpc) is 2.86. The van der Waals surface area contributed by atoms with Crippen LogP contribution >= 0.6 is 0 Å². The first-order chi connectivity index (χ1) is 9.57. The minimum Gasteiger partial charge on any atom is -0.367 e. The summed E-state index contributed by atoms with van der Waals surface area (Å²) in [6, 6.07) is 4.18. The lowest BCUT2D eigenvalue weighted by molar-refractivity contribution is -0.0466. The number of morpholine rings is 1. The van der Waals surface area contributed by atoms with Crippen LogP contribution < -0.4 is 4.90 Å². The highest BCUT2D eigenvalue weighted by Gasteiger charge is 2.35. The van der Waals surface area contributed by atoms with E-state index in [-0.39, 0.29) is 5.60 Å². The summed E-state index contributed by atoms with van der Waals surface area (Å²) in [5.74, 6) is 0. The predicted molar refractivity (Wildman–Crippen MR) is 77.7 cm³/mol. The Hall–Kier alpha value is -1.88. The van der Waals surface area contributed by atoms with Gasteiger partial charge in [0.25, 0.3) is 0 Å². The quantitative estimate of drug-likeness (QED) is 0.837. The predicted octanol–water partition coefficient (Wildman–Crippen LogP) is 1.88. The molecule has 5 nitrogen and oxygen atoms in total. The summed E-state index contributed by atoms with van der Waals surface area (Å²) in [6.45, 7) is 6.59. The summed E-state index contributed by atoms with van der Waals surface area (Å²) in [5, 5.41) is 4.26. The van der Waals surface area contributed by atoms with Crippen LogP contribution in [0.4, 0.5) is 5.69 Å². The van der Waals surface area contributed by atoms with E-state index >= 15 is 0 Å². The Kier molecular flexibility index (Phi) is 3.22. The highest BCUT2D eigenvalue weighted by atomic mass is 16.5. The third kappa shape index (κ3) is 2.41. The van der Waals surface area contributed by atoms with Crippen LogP contribution in [0, 0.1) is 6.92 Å². The van der Waals surface area contributed by atoms with E-state index in [9.17, 15) is 0 Å². The molecule has 1 aliphatic heterocycles. The van der Waals surface area contributed by atoms with Gasteiger partial charge >= 0.3 is 0 Å². The van der Waals surface area contributed by atoms with Crippen molar-refractivity contribution < 1.29 is 4.74 Å². The van der Waals surface area contributed by atoms with Crippen LogP contribution in [-0.4, -0.2) is 34.5 Å². The Morgan fingerprint density at radius 3 is 2.95 bits per heavy atom. The van der Waals surface area contributed by atoms with Crippen molar-refractivity contribution in [3.63, 3.8) is 0 Å². The van der Waals surface area contributed by atoms with Gasteiger partial charge in [-0.05, 0) is 26.0 Å². The van der Waals surface area contributed by atoms with Crippen LogP contribution in [0.25, 0.3) is 0 Å². The van der Waals surface area contributed by atoms with Crippen LogP contribution in [0.5, 0.6) is 0 Å². The summed E-state index contributed by atoms with van der Waals surface area (Å²) in [7, 11) is 1.93. The van der Waals surface area contributed by atoms with Crippen molar-refractivity contribution in [3.05, 3.63) is 42.0 Å². The number of pyridine rings is 1. The number of aromatic nitrogens is 3. The molecule has 5 heteroatoms. The molecule has 2 aromatic rings. The molecule has 2 aromatic heterocycles. The summed E-state index contributed by atoms with van der Waals surface area (Å²) >= 11 is 0. The molecule has 1 unspecified atom stereocenters. The average molecular weight is 272 g/mol. The Labute approximate surface area is 119 Å². The fourth-order valence-corrected chi connectivity index (χ4v) is 2.69. The number of nitrogens with zero attached hydrogens (tertiary/aromatic N) is 4. The van der Waals surface area contributed by atoms with Crippen molar-refractivity contribution in [3.8, 4) is 0 Å². The fourth-order valence-electron chi connectivity index (χ4n) is 2.69. The number of hydrogen-bond donors (Lipinski definition) is 0. The van der Waals surface area contributed by atoms with Gasteiger partial charge in [0.2, 0.25) is 0 Å². The Morgan fingerprint density at radius 1 is 1.40 bits per heavy atom. The first kappa shape index (κ1) is 13.1. The van der Waals surface area contributed by atoms with Gasteiger partial charge in [-0.3, -0.25) is 9.67 Å². The molecular formula is C15H20N4O. The molecule has 20 heavy (non-hydrogen) atoms. The van der Waals surface area contributed by atoms with Gasteiger partial charge in [-0.15, -0.1) is 0 Å². The molecule has 1 saturated heterocycles. The highest BCUT2D eigenvalue weighted by molar-refractivity contribution is 5.47. The third-order valence-corrected chi connectivity index (χ3v) is 3.84. The van der Waals surface area contributed by atoms with Crippen LogP contribution in [0.2, 0.25) is 0 Å². The van der Waals surface area contributed by atoms with E-state index < -0.39 is 0 Å². The number of ether oxygens (including phenoxy) is 1. The molecule has 0 aliphatic carbocycles. The lowest BCUT2D eigenvalue weighted by atomic mass is 9.96. The molecule has 0 spiro atoms. The van der Waals surface area contributed by atoms with E-state index in [1.807, 2.05) is 37.2 Å². The molecule has 1 fully saturated rings. The maximum Gasteiger partial charge on any atom is 0.111 e. The molecule has 0 amide bonds.